The van der Waals surface area contributed by atoms with Crippen molar-refractivity contribution >= 4 is 5.91 Å². The van der Waals surface area contributed by atoms with Gasteiger partial charge in [-0.3, -0.25) is 4.79 Å². The van der Waals surface area contributed by atoms with Crippen LogP contribution < -0.4 is 14.8 Å². The van der Waals surface area contributed by atoms with Gasteiger partial charge < -0.3 is 14.8 Å². The van der Waals surface area contributed by atoms with E-state index in [9.17, 15) is 4.79 Å². The van der Waals surface area contributed by atoms with Crippen LogP contribution in [0.1, 0.15) is 5.56 Å². The molecule has 2 rings (SSSR count). The van der Waals surface area contributed by atoms with Crippen LogP contribution in [0.2, 0.25) is 0 Å². The lowest BCUT2D eigenvalue weighted by molar-refractivity contribution is -0.122. The fraction of sp³-hybridized carbons (Fsp3) is 0.167. The molecule has 0 aliphatic carbocycles. The van der Waals surface area contributed by atoms with E-state index < -0.39 is 0 Å². The van der Waals surface area contributed by atoms with Gasteiger partial charge in [-0.05, 0) is 24.3 Å². The monoisotopic (exact) mass is 295 g/mol. The fourth-order valence-electron chi connectivity index (χ4n) is 1.74. The normalized spacial score (nSPS) is 9.32. The third kappa shape index (κ3) is 4.88. The molecule has 0 bridgehead atoms. The second-order valence-corrected chi connectivity index (χ2v) is 4.38. The molecule has 0 radical (unpaired) electrons. The van der Waals surface area contributed by atoms with Crippen LogP contribution in [0.15, 0.2) is 54.6 Å². The second kappa shape index (κ2) is 8.38. The zero-order valence-electron chi connectivity index (χ0n) is 12.3. The molecule has 0 fully saturated rings. The highest BCUT2D eigenvalue weighted by Gasteiger charge is 2.05. The van der Waals surface area contributed by atoms with Gasteiger partial charge in [0.2, 0.25) is 0 Å². The lowest BCUT2D eigenvalue weighted by Crippen LogP contribution is -2.29. The van der Waals surface area contributed by atoms with Crippen LogP contribution in [0.4, 0.5) is 0 Å². The molecule has 112 valence electrons. The fourth-order valence-corrected chi connectivity index (χ4v) is 1.74. The molecule has 0 unspecified atom stereocenters. The Morgan fingerprint density at radius 2 is 1.73 bits per heavy atom. The first-order valence-corrected chi connectivity index (χ1v) is 6.86. The summed E-state index contributed by atoms with van der Waals surface area (Å²) in [6.45, 7) is 0.205. The van der Waals surface area contributed by atoms with Crippen molar-refractivity contribution < 1.29 is 14.3 Å². The van der Waals surface area contributed by atoms with Gasteiger partial charge in [0.25, 0.3) is 5.91 Å². The Morgan fingerprint density at radius 3 is 2.45 bits per heavy atom. The lowest BCUT2D eigenvalue weighted by atomic mass is 10.2. The Bertz CT molecular complexity index is 671. The first-order chi connectivity index (χ1) is 10.8. The van der Waals surface area contributed by atoms with Crippen molar-refractivity contribution in [1.82, 2.24) is 5.32 Å². The Labute approximate surface area is 130 Å². The van der Waals surface area contributed by atoms with Crippen molar-refractivity contribution in [2.75, 3.05) is 20.3 Å². The minimum Gasteiger partial charge on any atom is -0.493 e. The minimum atomic E-state index is -0.228. The summed E-state index contributed by atoms with van der Waals surface area (Å²) in [5, 5.41) is 2.68. The highest BCUT2D eigenvalue weighted by atomic mass is 16.5. The average molecular weight is 295 g/mol. The first kappa shape index (κ1) is 15.5. The van der Waals surface area contributed by atoms with Crippen molar-refractivity contribution in [3.63, 3.8) is 0 Å². The Kier molecular flexibility index (Phi) is 5.89. The number of carbonyl (C=O) groups excluding carboxylic acids is 1. The highest BCUT2D eigenvalue weighted by Crippen LogP contribution is 2.25. The van der Waals surface area contributed by atoms with Crippen molar-refractivity contribution in [3.8, 4) is 23.3 Å². The van der Waals surface area contributed by atoms with E-state index in [0.29, 0.717) is 11.5 Å². The third-order valence-corrected chi connectivity index (χ3v) is 2.81. The van der Waals surface area contributed by atoms with E-state index in [4.69, 9.17) is 9.47 Å². The van der Waals surface area contributed by atoms with Crippen LogP contribution in [0.3, 0.4) is 0 Å². The highest BCUT2D eigenvalue weighted by molar-refractivity contribution is 5.77. The number of carbonyl (C=O) groups is 1. The molecule has 0 saturated carbocycles. The molecular formula is C18H17NO3. The molecule has 1 N–H and O–H groups in total. The molecule has 2 aromatic carbocycles. The zero-order valence-corrected chi connectivity index (χ0v) is 12.3. The number of amides is 1. The molecule has 0 spiro atoms. The predicted octanol–water partition coefficient (Wildman–Crippen LogP) is 2.24. The molecule has 0 aliphatic heterocycles. The summed E-state index contributed by atoms with van der Waals surface area (Å²) >= 11 is 0. The molecule has 0 aliphatic rings. The Balaban J connectivity index is 1.76. The Morgan fingerprint density at radius 1 is 1.05 bits per heavy atom. The molecule has 4 nitrogen and oxygen atoms in total. The summed E-state index contributed by atoms with van der Waals surface area (Å²) in [6.07, 6.45) is 0. The molecular weight excluding hydrogens is 278 g/mol. The van der Waals surface area contributed by atoms with Crippen LogP contribution in [-0.4, -0.2) is 26.2 Å². The molecule has 1 amide bonds. The van der Waals surface area contributed by atoms with Gasteiger partial charge in [-0.25, -0.2) is 0 Å². The summed E-state index contributed by atoms with van der Waals surface area (Å²) in [6, 6.07) is 16.8. The topological polar surface area (TPSA) is 47.6 Å². The van der Waals surface area contributed by atoms with Gasteiger partial charge in [-0.15, -0.1) is 0 Å². The van der Waals surface area contributed by atoms with E-state index >= 15 is 0 Å². The van der Waals surface area contributed by atoms with Gasteiger partial charge in [0, 0.05) is 5.56 Å². The number of methoxy groups -OCH3 is 1. The van der Waals surface area contributed by atoms with Gasteiger partial charge >= 0.3 is 0 Å². The molecule has 0 aromatic heterocycles. The van der Waals surface area contributed by atoms with Crippen molar-refractivity contribution in [2.45, 2.75) is 0 Å². The molecule has 22 heavy (non-hydrogen) atoms. The van der Waals surface area contributed by atoms with Gasteiger partial charge in [-0.2, -0.15) is 0 Å². The number of hydrogen-bond acceptors (Lipinski definition) is 3. The minimum absolute atomic E-state index is 0.0760. The SMILES string of the molecule is COc1ccccc1OCC(=O)NCC#Cc1ccccc1. The lowest BCUT2D eigenvalue weighted by Gasteiger charge is -2.09. The van der Waals surface area contributed by atoms with E-state index in [2.05, 4.69) is 17.2 Å². The smallest absolute Gasteiger partial charge is 0.258 e. The van der Waals surface area contributed by atoms with Crippen molar-refractivity contribution in [1.29, 1.82) is 0 Å². The summed E-state index contributed by atoms with van der Waals surface area (Å²) < 4.78 is 10.6. The third-order valence-electron chi connectivity index (χ3n) is 2.81. The number of rotatable bonds is 5. The standard InChI is InChI=1S/C18H17NO3/c1-21-16-11-5-6-12-17(16)22-14-18(20)19-13-7-10-15-8-3-2-4-9-15/h2-6,8-9,11-12H,13-14H2,1H3,(H,19,20). The van der Waals surface area contributed by atoms with Crippen LogP contribution in [-0.2, 0) is 4.79 Å². The van der Waals surface area contributed by atoms with Gasteiger partial charge in [0.05, 0.1) is 13.7 Å². The molecule has 2 aromatic rings. The van der Waals surface area contributed by atoms with E-state index in [0.717, 1.165) is 5.56 Å². The van der Waals surface area contributed by atoms with Crippen LogP contribution in [0, 0.1) is 11.8 Å². The molecule has 4 heteroatoms. The van der Waals surface area contributed by atoms with Crippen LogP contribution >= 0.6 is 0 Å². The Hall–Kier alpha value is -2.93. The quantitative estimate of drug-likeness (QED) is 0.861. The summed E-state index contributed by atoms with van der Waals surface area (Å²) in [7, 11) is 1.56. The summed E-state index contributed by atoms with van der Waals surface area (Å²) in [5.41, 5.74) is 0.919. The summed E-state index contributed by atoms with van der Waals surface area (Å²) in [4.78, 5) is 11.7. The first-order valence-electron chi connectivity index (χ1n) is 6.86. The molecule has 0 atom stereocenters. The number of benzene rings is 2. The predicted molar refractivity (Wildman–Crippen MR) is 84.8 cm³/mol. The number of nitrogens with one attached hydrogen (secondary N) is 1. The van der Waals surface area contributed by atoms with E-state index in [1.165, 1.54) is 0 Å². The van der Waals surface area contributed by atoms with Crippen LogP contribution in [0.25, 0.3) is 0 Å². The van der Waals surface area contributed by atoms with Gasteiger partial charge in [0.1, 0.15) is 0 Å². The maximum Gasteiger partial charge on any atom is 0.258 e. The van der Waals surface area contributed by atoms with E-state index in [1.807, 2.05) is 42.5 Å². The van der Waals surface area contributed by atoms with E-state index in [1.54, 1.807) is 19.2 Å². The molecule has 0 saturated heterocycles. The number of ether oxygens (including phenoxy) is 2. The largest absolute Gasteiger partial charge is 0.493 e. The maximum absolute atomic E-state index is 11.7. The van der Waals surface area contributed by atoms with Gasteiger partial charge in [0.15, 0.2) is 18.1 Å². The maximum atomic E-state index is 11.7. The van der Waals surface area contributed by atoms with Crippen LogP contribution in [0.5, 0.6) is 11.5 Å². The second-order valence-electron chi connectivity index (χ2n) is 4.38. The zero-order chi connectivity index (χ0) is 15.6. The molecule has 0 heterocycles. The van der Waals surface area contributed by atoms with Crippen molar-refractivity contribution in [3.05, 3.63) is 60.2 Å². The number of hydrogen-bond donors (Lipinski definition) is 1. The van der Waals surface area contributed by atoms with Crippen molar-refractivity contribution in [2.24, 2.45) is 0 Å². The van der Waals surface area contributed by atoms with E-state index in [-0.39, 0.29) is 19.1 Å². The average Bonchev–Trinajstić information content (AvgIpc) is 2.58. The van der Waals surface area contributed by atoms with Gasteiger partial charge in [-0.1, -0.05) is 42.2 Å². The number of para-hydroxylation sites is 2. The summed E-state index contributed by atoms with van der Waals surface area (Å²) in [5.74, 6) is 6.76.